The standard InChI is InChI=1S/C17H17ClO5S/c1-22-14-8-10-16(11-9-14)24(20,21)23-15-6-4-13(5-7-15)17(19)3-2-12-18/h4-11H,2-3,12H2,1H3. The van der Waals surface area contributed by atoms with Gasteiger partial charge < -0.3 is 8.92 Å². The number of methoxy groups -OCH3 is 1. The van der Waals surface area contributed by atoms with Gasteiger partial charge in [0.05, 0.1) is 7.11 Å². The highest BCUT2D eigenvalue weighted by molar-refractivity contribution is 7.87. The minimum absolute atomic E-state index is 0.0190. The monoisotopic (exact) mass is 368 g/mol. The Hall–Kier alpha value is -2.05. The lowest BCUT2D eigenvalue weighted by atomic mass is 10.1. The van der Waals surface area contributed by atoms with Crippen LogP contribution >= 0.6 is 11.6 Å². The third kappa shape index (κ3) is 4.72. The van der Waals surface area contributed by atoms with E-state index in [4.69, 9.17) is 20.5 Å². The summed E-state index contributed by atoms with van der Waals surface area (Å²) in [7, 11) is -2.45. The SMILES string of the molecule is COc1ccc(S(=O)(=O)Oc2ccc(C(=O)CCCCl)cc2)cc1. The van der Waals surface area contributed by atoms with Gasteiger partial charge in [0.1, 0.15) is 16.4 Å². The highest BCUT2D eigenvalue weighted by atomic mass is 35.5. The average molecular weight is 369 g/mol. The number of halogens is 1. The molecule has 0 heterocycles. The molecular formula is C17H17ClO5S. The van der Waals surface area contributed by atoms with Crippen molar-refractivity contribution in [3.05, 3.63) is 54.1 Å². The van der Waals surface area contributed by atoms with Gasteiger partial charge in [0.25, 0.3) is 0 Å². The average Bonchev–Trinajstić information content (AvgIpc) is 2.60. The Labute approximate surface area is 146 Å². The quantitative estimate of drug-likeness (QED) is 0.404. The molecule has 2 aromatic rings. The van der Waals surface area contributed by atoms with Crippen LogP contribution in [0.4, 0.5) is 0 Å². The van der Waals surface area contributed by atoms with Crippen LogP contribution in [0.15, 0.2) is 53.4 Å². The van der Waals surface area contributed by atoms with Crippen molar-refractivity contribution in [3.63, 3.8) is 0 Å². The zero-order chi connectivity index (χ0) is 17.6. The summed E-state index contributed by atoms with van der Waals surface area (Å²) < 4.78 is 34.5. The zero-order valence-corrected chi connectivity index (χ0v) is 14.6. The summed E-state index contributed by atoms with van der Waals surface area (Å²) in [6.07, 6.45) is 0.957. The smallest absolute Gasteiger partial charge is 0.339 e. The van der Waals surface area contributed by atoms with Crippen molar-refractivity contribution in [2.45, 2.75) is 17.7 Å². The van der Waals surface area contributed by atoms with E-state index in [0.717, 1.165) is 0 Å². The number of ether oxygens (including phenoxy) is 1. The van der Waals surface area contributed by atoms with Gasteiger partial charge in [-0.05, 0) is 55.0 Å². The number of hydrogen-bond acceptors (Lipinski definition) is 5. The van der Waals surface area contributed by atoms with E-state index in [1.165, 1.54) is 55.6 Å². The van der Waals surface area contributed by atoms with Crippen LogP contribution in [0.5, 0.6) is 11.5 Å². The van der Waals surface area contributed by atoms with Crippen LogP contribution in [0, 0.1) is 0 Å². The Morgan fingerprint density at radius 3 is 2.12 bits per heavy atom. The van der Waals surface area contributed by atoms with Gasteiger partial charge in [-0.3, -0.25) is 4.79 Å². The number of rotatable bonds is 8. The molecular weight excluding hydrogens is 352 g/mol. The number of carbonyl (C=O) groups excluding carboxylic acids is 1. The summed E-state index contributed by atoms with van der Waals surface area (Å²) in [5, 5.41) is 0. The normalized spacial score (nSPS) is 11.1. The number of alkyl halides is 1. The second kappa shape index (κ2) is 8.17. The van der Waals surface area contributed by atoms with Crippen LogP contribution in [-0.4, -0.2) is 27.2 Å². The molecule has 0 N–H and O–H groups in total. The first-order valence-corrected chi connectivity index (χ1v) is 9.18. The summed E-state index contributed by atoms with van der Waals surface area (Å²) in [6.45, 7) is 0. The van der Waals surface area contributed by atoms with Crippen molar-refractivity contribution in [2.75, 3.05) is 13.0 Å². The van der Waals surface area contributed by atoms with E-state index < -0.39 is 10.1 Å². The van der Waals surface area contributed by atoms with Crippen LogP contribution in [0.1, 0.15) is 23.2 Å². The first-order chi connectivity index (χ1) is 11.5. The molecule has 7 heteroatoms. The summed E-state index contributed by atoms with van der Waals surface area (Å²) in [4.78, 5) is 11.9. The van der Waals surface area contributed by atoms with Crippen molar-refractivity contribution in [1.82, 2.24) is 0 Å². The maximum atomic E-state index is 12.2. The molecule has 0 amide bonds. The van der Waals surface area contributed by atoms with E-state index in [1.54, 1.807) is 0 Å². The fraction of sp³-hybridized carbons (Fsp3) is 0.235. The number of carbonyl (C=O) groups is 1. The molecule has 0 aliphatic heterocycles. The van der Waals surface area contributed by atoms with Gasteiger partial charge in [-0.1, -0.05) is 0 Å². The van der Waals surface area contributed by atoms with Gasteiger partial charge >= 0.3 is 10.1 Å². The summed E-state index contributed by atoms with van der Waals surface area (Å²) in [5.74, 6) is 1.07. The molecule has 5 nitrogen and oxygen atoms in total. The molecule has 0 fully saturated rings. The maximum absolute atomic E-state index is 12.2. The van der Waals surface area contributed by atoms with Crippen LogP contribution in [-0.2, 0) is 10.1 Å². The zero-order valence-electron chi connectivity index (χ0n) is 13.1. The molecule has 0 aromatic heterocycles. The molecule has 0 saturated carbocycles. The molecule has 2 aromatic carbocycles. The van der Waals surface area contributed by atoms with Gasteiger partial charge in [-0.25, -0.2) is 0 Å². The fourth-order valence-corrected chi connectivity index (χ4v) is 3.05. The second-order valence-corrected chi connectivity index (χ2v) is 6.88. The van der Waals surface area contributed by atoms with Crippen molar-refractivity contribution < 1.29 is 22.1 Å². The predicted molar refractivity (Wildman–Crippen MR) is 91.5 cm³/mol. The van der Waals surface area contributed by atoms with E-state index in [9.17, 15) is 13.2 Å². The van der Waals surface area contributed by atoms with Crippen LogP contribution < -0.4 is 8.92 Å². The molecule has 0 unspecified atom stereocenters. The molecule has 24 heavy (non-hydrogen) atoms. The fourth-order valence-electron chi connectivity index (χ4n) is 1.99. The number of benzene rings is 2. The topological polar surface area (TPSA) is 69.7 Å². The molecule has 0 atom stereocenters. The van der Waals surface area contributed by atoms with Crippen molar-refractivity contribution in [2.24, 2.45) is 0 Å². The highest BCUT2D eigenvalue weighted by Gasteiger charge is 2.17. The predicted octanol–water partition coefficient (Wildman–Crippen LogP) is 3.66. The summed E-state index contributed by atoms with van der Waals surface area (Å²) >= 11 is 5.56. The van der Waals surface area contributed by atoms with Gasteiger partial charge in [0.15, 0.2) is 5.78 Å². The van der Waals surface area contributed by atoms with Gasteiger partial charge in [0.2, 0.25) is 0 Å². The molecule has 128 valence electrons. The lowest BCUT2D eigenvalue weighted by Gasteiger charge is -2.08. The lowest BCUT2D eigenvalue weighted by Crippen LogP contribution is -2.10. The van der Waals surface area contributed by atoms with Gasteiger partial charge in [-0.15, -0.1) is 11.6 Å². The number of hydrogen-bond donors (Lipinski definition) is 0. The van der Waals surface area contributed by atoms with E-state index in [1.807, 2.05) is 0 Å². The van der Waals surface area contributed by atoms with Gasteiger partial charge in [-0.2, -0.15) is 8.42 Å². The Kier molecular flexibility index (Phi) is 6.23. The second-order valence-electron chi connectivity index (χ2n) is 4.95. The van der Waals surface area contributed by atoms with Crippen LogP contribution in [0.3, 0.4) is 0 Å². The summed E-state index contributed by atoms with van der Waals surface area (Å²) in [5.41, 5.74) is 0.495. The third-order valence-corrected chi connectivity index (χ3v) is 4.80. The Bertz CT molecular complexity index is 783. The van der Waals surface area contributed by atoms with E-state index >= 15 is 0 Å². The molecule has 0 spiro atoms. The molecule has 0 saturated heterocycles. The molecule has 0 radical (unpaired) electrons. The van der Waals surface area contributed by atoms with Crippen LogP contribution in [0.2, 0.25) is 0 Å². The van der Waals surface area contributed by atoms with Crippen molar-refractivity contribution in [3.8, 4) is 11.5 Å². The number of Topliss-reactive ketones (excluding diaryl/α,β-unsaturated/α-hetero) is 1. The summed E-state index contributed by atoms with van der Waals surface area (Å²) in [6, 6.07) is 11.9. The Morgan fingerprint density at radius 1 is 1.00 bits per heavy atom. The largest absolute Gasteiger partial charge is 0.497 e. The molecule has 2 rings (SSSR count). The molecule has 0 aliphatic rings. The van der Waals surface area contributed by atoms with Crippen molar-refractivity contribution >= 4 is 27.5 Å². The van der Waals surface area contributed by atoms with Crippen molar-refractivity contribution in [1.29, 1.82) is 0 Å². The Morgan fingerprint density at radius 2 is 1.58 bits per heavy atom. The van der Waals surface area contributed by atoms with Crippen LogP contribution in [0.25, 0.3) is 0 Å². The van der Waals surface area contributed by atoms with Gasteiger partial charge in [0, 0.05) is 17.9 Å². The van der Waals surface area contributed by atoms with E-state index in [-0.39, 0.29) is 16.4 Å². The maximum Gasteiger partial charge on any atom is 0.339 e. The minimum Gasteiger partial charge on any atom is -0.497 e. The lowest BCUT2D eigenvalue weighted by molar-refractivity contribution is 0.0982. The number of ketones is 1. The minimum atomic E-state index is -3.94. The van der Waals surface area contributed by atoms with E-state index in [0.29, 0.717) is 30.0 Å². The molecule has 0 bridgehead atoms. The third-order valence-electron chi connectivity index (χ3n) is 3.27. The van der Waals surface area contributed by atoms with E-state index in [2.05, 4.69) is 0 Å². The highest BCUT2D eigenvalue weighted by Crippen LogP contribution is 2.21. The first-order valence-electron chi connectivity index (χ1n) is 7.24. The first kappa shape index (κ1) is 18.3. The molecule has 0 aliphatic carbocycles. The Balaban J connectivity index is 2.10.